The largest absolute Gasteiger partial charge is 0.395 e. The molecule has 0 aliphatic heterocycles. The molecule has 0 spiro atoms. The average Bonchev–Trinajstić information content (AvgIpc) is 2.28. The van der Waals surface area contributed by atoms with Crippen LogP contribution < -0.4 is 0 Å². The van der Waals surface area contributed by atoms with Gasteiger partial charge in [0.25, 0.3) is 5.78 Å². The Morgan fingerprint density at radius 1 is 1.22 bits per heavy atom. The number of hydrogen-bond acceptors (Lipinski definition) is 5. The van der Waals surface area contributed by atoms with Crippen LogP contribution in [0.2, 0.25) is 0 Å². The summed E-state index contributed by atoms with van der Waals surface area (Å²) in [6.07, 6.45) is 0.314. The van der Waals surface area contributed by atoms with Crippen LogP contribution >= 0.6 is 0 Å². The number of hydrogen-bond donors (Lipinski definition) is 0. The first-order chi connectivity index (χ1) is 8.37. The highest BCUT2D eigenvalue weighted by Crippen LogP contribution is 2.10. The Kier molecular flexibility index (Phi) is 4.61. The van der Waals surface area contributed by atoms with E-state index in [0.29, 0.717) is 12.0 Å². The lowest BCUT2D eigenvalue weighted by molar-refractivity contribution is -0.128. The second kappa shape index (κ2) is 5.77. The summed E-state index contributed by atoms with van der Waals surface area (Å²) in [4.78, 5) is 23.1. The van der Waals surface area contributed by atoms with Gasteiger partial charge in [-0.3, -0.25) is 4.79 Å². The Morgan fingerprint density at radius 2 is 1.83 bits per heavy atom. The highest BCUT2D eigenvalue weighted by molar-refractivity contribution is 7.87. The van der Waals surface area contributed by atoms with Crippen molar-refractivity contribution >= 4 is 21.9 Å². The zero-order valence-corrected chi connectivity index (χ0v) is 11.0. The Balaban J connectivity index is 2.87. The molecule has 0 aliphatic carbocycles. The first-order valence-corrected chi connectivity index (χ1v) is 7.01. The highest BCUT2D eigenvalue weighted by Gasteiger charge is 2.25. The number of carbonyl (C=O) groups excluding carboxylic acids is 2. The van der Waals surface area contributed by atoms with Gasteiger partial charge in [-0.25, -0.2) is 4.79 Å². The van der Waals surface area contributed by atoms with E-state index in [4.69, 9.17) is 0 Å². The molecule has 0 aromatic heterocycles. The Labute approximate surface area is 106 Å². The lowest BCUT2D eigenvalue weighted by atomic mass is 10.1. The predicted octanol–water partition coefficient (Wildman–Crippen LogP) is 1.46. The zero-order valence-electron chi connectivity index (χ0n) is 10.2. The summed E-state index contributed by atoms with van der Waals surface area (Å²) in [7, 11) is -3.97. The third-order valence-corrected chi connectivity index (χ3v) is 3.55. The molecule has 0 saturated heterocycles. The molecule has 18 heavy (non-hydrogen) atoms. The molecule has 5 nitrogen and oxygen atoms in total. The van der Waals surface area contributed by atoms with E-state index >= 15 is 0 Å². The van der Waals surface area contributed by atoms with Crippen molar-refractivity contribution in [3.8, 4) is 0 Å². The van der Waals surface area contributed by atoms with Crippen LogP contribution in [-0.4, -0.2) is 25.9 Å². The third-order valence-electron chi connectivity index (χ3n) is 2.23. The number of aryl methyl sites for hydroxylation is 1. The van der Waals surface area contributed by atoms with Gasteiger partial charge in [0.05, 0.1) is 5.75 Å². The number of Topliss-reactive ketones (excluding diaryl/α,β-unsaturated/α-hetero) is 1. The van der Waals surface area contributed by atoms with Crippen molar-refractivity contribution in [2.75, 3.05) is 5.75 Å². The van der Waals surface area contributed by atoms with Gasteiger partial charge in [-0.05, 0) is 18.9 Å². The van der Waals surface area contributed by atoms with Crippen LogP contribution in [0.1, 0.15) is 29.3 Å². The molecule has 0 amide bonds. The summed E-state index contributed by atoms with van der Waals surface area (Å²) in [6, 6.07) is 6.41. The van der Waals surface area contributed by atoms with Gasteiger partial charge >= 0.3 is 16.1 Å². The minimum atomic E-state index is -3.97. The van der Waals surface area contributed by atoms with Crippen LogP contribution in [0.4, 0.5) is 0 Å². The summed E-state index contributed by atoms with van der Waals surface area (Å²) in [5, 5.41) is 0. The van der Waals surface area contributed by atoms with Gasteiger partial charge in [-0.2, -0.15) is 8.42 Å². The van der Waals surface area contributed by atoms with E-state index in [2.05, 4.69) is 4.18 Å². The number of ketones is 1. The third kappa shape index (κ3) is 3.66. The molecular formula is C12H14O5S. The topological polar surface area (TPSA) is 77.5 Å². The normalized spacial score (nSPS) is 11.0. The summed E-state index contributed by atoms with van der Waals surface area (Å²) >= 11 is 0. The van der Waals surface area contributed by atoms with Crippen LogP contribution in [-0.2, 0) is 19.1 Å². The molecule has 0 N–H and O–H groups in total. The molecule has 0 heterocycles. The molecule has 0 atom stereocenters. The van der Waals surface area contributed by atoms with Gasteiger partial charge in [0.2, 0.25) is 0 Å². The molecule has 1 aromatic rings. The predicted molar refractivity (Wildman–Crippen MR) is 65.7 cm³/mol. The fourth-order valence-electron chi connectivity index (χ4n) is 1.38. The smallest absolute Gasteiger partial charge is 0.339 e. The molecular weight excluding hydrogens is 256 g/mol. The molecule has 0 aliphatic rings. The molecule has 1 rings (SSSR count). The maximum Gasteiger partial charge on any atom is 0.395 e. The minimum Gasteiger partial charge on any atom is -0.339 e. The van der Waals surface area contributed by atoms with E-state index in [1.165, 1.54) is 6.07 Å². The fourth-order valence-corrected chi connectivity index (χ4v) is 2.27. The quantitative estimate of drug-likeness (QED) is 0.460. The molecule has 0 fully saturated rings. The Morgan fingerprint density at radius 3 is 2.39 bits per heavy atom. The maximum absolute atomic E-state index is 11.7. The Hall–Kier alpha value is -1.69. The van der Waals surface area contributed by atoms with Crippen molar-refractivity contribution in [2.45, 2.75) is 20.3 Å². The van der Waals surface area contributed by atoms with Crippen LogP contribution in [0.25, 0.3) is 0 Å². The van der Waals surface area contributed by atoms with Crippen LogP contribution in [0.15, 0.2) is 24.3 Å². The number of rotatable bonds is 5. The van der Waals surface area contributed by atoms with Crippen LogP contribution in [0, 0.1) is 6.92 Å². The summed E-state index contributed by atoms with van der Waals surface area (Å²) in [5.74, 6) is -2.61. The van der Waals surface area contributed by atoms with Crippen molar-refractivity contribution in [1.82, 2.24) is 0 Å². The molecule has 0 unspecified atom stereocenters. The van der Waals surface area contributed by atoms with E-state index in [1.807, 2.05) is 0 Å². The van der Waals surface area contributed by atoms with E-state index < -0.39 is 21.9 Å². The first-order valence-electron chi connectivity index (χ1n) is 5.44. The van der Waals surface area contributed by atoms with Crippen LogP contribution in [0.3, 0.4) is 0 Å². The van der Waals surface area contributed by atoms with E-state index in [1.54, 1.807) is 32.0 Å². The van der Waals surface area contributed by atoms with Crippen molar-refractivity contribution in [1.29, 1.82) is 0 Å². The van der Waals surface area contributed by atoms with Crippen molar-refractivity contribution < 1.29 is 22.2 Å². The molecule has 0 saturated carbocycles. The molecule has 0 radical (unpaired) electrons. The maximum atomic E-state index is 11.7. The van der Waals surface area contributed by atoms with E-state index in [-0.39, 0.29) is 11.3 Å². The molecule has 98 valence electrons. The second-order valence-corrected chi connectivity index (χ2v) is 5.47. The molecule has 0 bridgehead atoms. The average molecular weight is 270 g/mol. The standard InChI is InChI=1S/C12H14O5S/c1-3-8-18(15,16)17-12(14)11(13)10-7-5-4-6-9(10)2/h4-7H,3,8H2,1-2H3. The van der Waals surface area contributed by atoms with Gasteiger partial charge in [-0.15, -0.1) is 0 Å². The second-order valence-electron chi connectivity index (χ2n) is 3.78. The summed E-state index contributed by atoms with van der Waals surface area (Å²) < 4.78 is 26.8. The summed E-state index contributed by atoms with van der Waals surface area (Å²) in [5.41, 5.74) is 0.738. The highest BCUT2D eigenvalue weighted by atomic mass is 32.2. The van der Waals surface area contributed by atoms with Gasteiger partial charge in [-0.1, -0.05) is 31.2 Å². The van der Waals surface area contributed by atoms with Gasteiger partial charge in [0.15, 0.2) is 0 Å². The lowest BCUT2D eigenvalue weighted by Crippen LogP contribution is -2.23. The van der Waals surface area contributed by atoms with Gasteiger partial charge in [0, 0.05) is 5.56 Å². The van der Waals surface area contributed by atoms with Crippen LogP contribution in [0.5, 0.6) is 0 Å². The minimum absolute atomic E-state index is 0.147. The summed E-state index contributed by atoms with van der Waals surface area (Å²) in [6.45, 7) is 3.29. The SMILES string of the molecule is CCCS(=O)(=O)OC(=O)C(=O)c1ccccc1C. The van der Waals surface area contributed by atoms with Crippen molar-refractivity contribution in [3.05, 3.63) is 35.4 Å². The molecule has 1 aromatic carbocycles. The lowest BCUT2D eigenvalue weighted by Gasteiger charge is -2.05. The Bertz CT molecular complexity index is 560. The van der Waals surface area contributed by atoms with Gasteiger partial charge in [0.1, 0.15) is 0 Å². The van der Waals surface area contributed by atoms with Crippen molar-refractivity contribution in [2.24, 2.45) is 0 Å². The monoisotopic (exact) mass is 270 g/mol. The zero-order chi connectivity index (χ0) is 13.8. The van der Waals surface area contributed by atoms with E-state index in [9.17, 15) is 18.0 Å². The first kappa shape index (κ1) is 14.4. The number of carbonyl (C=O) groups is 2. The number of benzene rings is 1. The van der Waals surface area contributed by atoms with E-state index in [0.717, 1.165) is 0 Å². The van der Waals surface area contributed by atoms with Gasteiger partial charge < -0.3 is 4.18 Å². The fraction of sp³-hybridized carbons (Fsp3) is 0.333. The molecule has 6 heteroatoms. The van der Waals surface area contributed by atoms with Crippen molar-refractivity contribution in [3.63, 3.8) is 0 Å².